The number of hydrogen-bond donors (Lipinski definition) is 6. The van der Waals surface area contributed by atoms with Gasteiger partial charge in [0, 0.05) is 48.3 Å². The Morgan fingerprint density at radius 2 is 1.50 bits per heavy atom. The zero-order valence-electron chi connectivity index (χ0n) is 20.6. The first-order valence-electron chi connectivity index (χ1n) is 12.4. The third-order valence-corrected chi connectivity index (χ3v) is 7.46. The van der Waals surface area contributed by atoms with Gasteiger partial charge < -0.3 is 32.5 Å². The molecular formula is C25H39N5O4S2. The fourth-order valence-corrected chi connectivity index (χ4v) is 5.24. The van der Waals surface area contributed by atoms with Crippen LogP contribution >= 0.6 is 22.7 Å². The van der Waals surface area contributed by atoms with Gasteiger partial charge in [-0.1, -0.05) is 18.6 Å². The highest BCUT2D eigenvalue weighted by Crippen LogP contribution is 2.11. The average molecular weight is 538 g/mol. The Morgan fingerprint density at radius 1 is 0.861 bits per heavy atom. The zero-order chi connectivity index (χ0) is 26.2. The van der Waals surface area contributed by atoms with Gasteiger partial charge in [-0.2, -0.15) is 0 Å². The van der Waals surface area contributed by atoms with Crippen LogP contribution in [0.3, 0.4) is 0 Å². The van der Waals surface area contributed by atoms with Gasteiger partial charge in [-0.15, -0.1) is 22.7 Å². The Bertz CT molecular complexity index is 892. The number of rotatable bonds is 19. The van der Waals surface area contributed by atoms with E-state index in [1.165, 1.54) is 4.88 Å². The van der Waals surface area contributed by atoms with Crippen LogP contribution in [0.1, 0.15) is 48.3 Å². The van der Waals surface area contributed by atoms with E-state index in [-0.39, 0.29) is 24.3 Å². The lowest BCUT2D eigenvalue weighted by Crippen LogP contribution is -2.49. The summed E-state index contributed by atoms with van der Waals surface area (Å²) >= 11 is 3.24. The van der Waals surface area contributed by atoms with E-state index < -0.39 is 18.1 Å². The molecule has 2 heterocycles. The van der Waals surface area contributed by atoms with Gasteiger partial charge >= 0.3 is 5.97 Å². The maximum atomic E-state index is 12.8. The number of hydrogen-bond acceptors (Lipinski definition) is 8. The number of nitrogens with one attached hydrogen (secondary N) is 3. The van der Waals surface area contributed by atoms with Crippen LogP contribution in [0.25, 0.3) is 0 Å². The molecule has 2 aromatic rings. The molecule has 8 N–H and O–H groups in total. The fraction of sp³-hybridized carbons (Fsp3) is 0.560. The topological polar surface area (TPSA) is 160 Å². The second-order valence-electron chi connectivity index (χ2n) is 8.82. The molecule has 0 aromatic carbocycles. The van der Waals surface area contributed by atoms with E-state index in [0.29, 0.717) is 45.3 Å². The van der Waals surface area contributed by atoms with Gasteiger partial charge in [0.1, 0.15) is 0 Å². The van der Waals surface area contributed by atoms with Crippen LogP contribution in [0.15, 0.2) is 35.0 Å². The van der Waals surface area contributed by atoms with Crippen LogP contribution in [0.4, 0.5) is 0 Å². The molecule has 36 heavy (non-hydrogen) atoms. The smallest absolute Gasteiger partial charge is 0.303 e. The molecule has 3 unspecified atom stereocenters. The monoisotopic (exact) mass is 537 g/mol. The van der Waals surface area contributed by atoms with E-state index in [1.54, 1.807) is 22.7 Å². The molecule has 9 nitrogen and oxygen atoms in total. The molecule has 0 bridgehead atoms. The van der Waals surface area contributed by atoms with Gasteiger partial charge in [-0.25, -0.2) is 0 Å². The van der Waals surface area contributed by atoms with Crippen LogP contribution in [0.5, 0.6) is 0 Å². The Balaban J connectivity index is 1.75. The quantitative estimate of drug-likeness (QED) is 0.149. The highest BCUT2D eigenvalue weighted by molar-refractivity contribution is 7.10. The Labute approximate surface area is 221 Å². The van der Waals surface area contributed by atoms with Gasteiger partial charge in [-0.05, 0) is 55.0 Å². The number of carboxylic acids is 1. The number of carbonyl (C=O) groups is 3. The van der Waals surface area contributed by atoms with Gasteiger partial charge in [0.25, 0.3) is 0 Å². The molecule has 2 rings (SSSR count). The lowest BCUT2D eigenvalue weighted by atomic mass is 10.1. The summed E-state index contributed by atoms with van der Waals surface area (Å²) < 4.78 is 0. The molecule has 0 spiro atoms. The maximum Gasteiger partial charge on any atom is 0.303 e. The summed E-state index contributed by atoms with van der Waals surface area (Å²) in [4.78, 5) is 38.0. The maximum absolute atomic E-state index is 12.8. The molecule has 0 radical (unpaired) electrons. The molecule has 200 valence electrons. The third-order valence-electron chi connectivity index (χ3n) is 5.66. The molecule has 0 fully saturated rings. The van der Waals surface area contributed by atoms with Crippen molar-refractivity contribution in [3.05, 3.63) is 44.8 Å². The van der Waals surface area contributed by atoms with Crippen molar-refractivity contribution in [2.75, 3.05) is 19.6 Å². The predicted octanol–water partition coefficient (Wildman–Crippen LogP) is 1.87. The molecule has 0 aliphatic rings. The Hall–Kier alpha value is -2.31. The molecule has 11 heteroatoms. The summed E-state index contributed by atoms with van der Waals surface area (Å²) in [7, 11) is 0. The van der Waals surface area contributed by atoms with Crippen molar-refractivity contribution in [3.8, 4) is 0 Å². The zero-order valence-corrected chi connectivity index (χ0v) is 22.3. The summed E-state index contributed by atoms with van der Waals surface area (Å²) in [6, 6.07) is 6.78. The number of aliphatic carboxylic acids is 1. The molecule has 0 aliphatic carbocycles. The summed E-state index contributed by atoms with van der Waals surface area (Å²) in [5, 5.41) is 21.8. The van der Waals surface area contributed by atoms with Crippen molar-refractivity contribution in [1.82, 2.24) is 16.0 Å². The number of nitrogens with two attached hydrogens (primary N) is 2. The van der Waals surface area contributed by atoms with Crippen LogP contribution in [0.2, 0.25) is 0 Å². The van der Waals surface area contributed by atoms with Crippen molar-refractivity contribution in [2.45, 2.75) is 69.5 Å². The number of amides is 2. The normalized spacial score (nSPS) is 13.6. The molecule has 3 atom stereocenters. The van der Waals surface area contributed by atoms with Crippen molar-refractivity contribution >= 4 is 40.5 Å². The summed E-state index contributed by atoms with van der Waals surface area (Å²) in [6.07, 6.45) is 4.60. The first-order valence-corrected chi connectivity index (χ1v) is 14.2. The molecule has 0 saturated carbocycles. The lowest BCUT2D eigenvalue weighted by Gasteiger charge is -2.21. The van der Waals surface area contributed by atoms with Crippen LogP contribution in [-0.4, -0.2) is 60.6 Å². The van der Waals surface area contributed by atoms with Gasteiger partial charge in [0.05, 0.1) is 12.1 Å². The number of carbonyl (C=O) groups excluding carboxylic acids is 2. The number of thiophene rings is 2. The number of unbranched alkanes of at least 4 members (excludes halogenated alkanes) is 2. The molecule has 2 amide bonds. The van der Waals surface area contributed by atoms with Crippen molar-refractivity contribution in [1.29, 1.82) is 0 Å². The summed E-state index contributed by atoms with van der Waals surface area (Å²) in [5.74, 6) is -1.12. The van der Waals surface area contributed by atoms with Gasteiger partial charge in [-0.3, -0.25) is 14.4 Å². The Morgan fingerprint density at radius 3 is 2.14 bits per heavy atom. The van der Waals surface area contributed by atoms with Crippen molar-refractivity contribution in [2.24, 2.45) is 11.5 Å². The van der Waals surface area contributed by atoms with E-state index >= 15 is 0 Å². The van der Waals surface area contributed by atoms with Crippen LogP contribution < -0.4 is 27.4 Å². The second-order valence-corrected chi connectivity index (χ2v) is 10.9. The summed E-state index contributed by atoms with van der Waals surface area (Å²) in [6.45, 7) is 1.41. The molecular weight excluding hydrogens is 498 g/mol. The summed E-state index contributed by atoms with van der Waals surface area (Å²) in [5.41, 5.74) is 12.3. The largest absolute Gasteiger partial charge is 0.481 e. The highest BCUT2D eigenvalue weighted by Gasteiger charge is 2.19. The number of carboxylic acid groups (broad SMARTS) is 1. The van der Waals surface area contributed by atoms with E-state index in [1.807, 2.05) is 35.0 Å². The third kappa shape index (κ3) is 12.6. The van der Waals surface area contributed by atoms with E-state index in [2.05, 4.69) is 16.0 Å². The average Bonchev–Trinajstić information content (AvgIpc) is 3.54. The minimum atomic E-state index is -0.804. The van der Waals surface area contributed by atoms with E-state index in [4.69, 9.17) is 16.6 Å². The van der Waals surface area contributed by atoms with E-state index in [9.17, 15) is 14.4 Å². The molecule has 0 aliphatic heterocycles. The van der Waals surface area contributed by atoms with Crippen molar-refractivity contribution < 1.29 is 19.5 Å². The van der Waals surface area contributed by atoms with Crippen LogP contribution in [0, 0.1) is 0 Å². The Kier molecular flexibility index (Phi) is 14.3. The SMILES string of the molecule is NC(CNC(CCCNC(=O)C(N)Cc1cccs1)C(=O)NCCCCCC(=O)O)Cc1cccs1. The standard InChI is InChI=1S/C25H39N5O4S2/c26-18(15-19-7-5-13-35-19)17-30-22(25(34)29-11-3-1-2-10-23(31)32)9-4-12-28-24(33)21(27)16-20-8-6-14-36-20/h5-8,13-14,18,21-22,30H,1-4,9-12,15-17,26-27H2,(H,28,33)(H,29,34)(H,31,32). The predicted molar refractivity (Wildman–Crippen MR) is 145 cm³/mol. The van der Waals surface area contributed by atoms with E-state index in [0.717, 1.165) is 24.1 Å². The van der Waals surface area contributed by atoms with Crippen LogP contribution in [-0.2, 0) is 27.2 Å². The van der Waals surface area contributed by atoms with Gasteiger partial charge in [0.2, 0.25) is 11.8 Å². The minimum absolute atomic E-state index is 0.114. The fourth-order valence-electron chi connectivity index (χ4n) is 3.68. The van der Waals surface area contributed by atoms with Crippen molar-refractivity contribution in [3.63, 3.8) is 0 Å². The minimum Gasteiger partial charge on any atom is -0.481 e. The highest BCUT2D eigenvalue weighted by atomic mass is 32.1. The molecule has 2 aromatic heterocycles. The first kappa shape index (κ1) is 29.9. The first-order chi connectivity index (χ1) is 17.3. The lowest BCUT2D eigenvalue weighted by molar-refractivity contribution is -0.137. The van der Waals surface area contributed by atoms with Gasteiger partial charge in [0.15, 0.2) is 0 Å². The second kappa shape index (κ2) is 17.2. The molecule has 0 saturated heterocycles.